The van der Waals surface area contributed by atoms with E-state index in [0.717, 1.165) is 5.56 Å². The number of benzene rings is 1. The number of carbonyl (C=O) groups is 1. The molecular weight excluding hydrogens is 322 g/mol. The number of nitrogens with zero attached hydrogens (tertiary/aromatic N) is 3. The maximum absolute atomic E-state index is 12.3. The lowest BCUT2D eigenvalue weighted by Gasteiger charge is -2.14. The fraction of sp³-hybridized carbons (Fsp3) is 0.176. The number of H-pyrrole nitrogens is 1. The lowest BCUT2D eigenvalue weighted by atomic mass is 10.2. The minimum atomic E-state index is -1.01. The zero-order valence-electron chi connectivity index (χ0n) is 13.3. The number of para-hydroxylation sites is 2. The molecular formula is C17H15N5O3. The van der Waals surface area contributed by atoms with Gasteiger partial charge in [-0.15, -0.1) is 0 Å². The van der Waals surface area contributed by atoms with Gasteiger partial charge in [-0.25, -0.2) is 4.98 Å². The van der Waals surface area contributed by atoms with Gasteiger partial charge in [-0.05, 0) is 31.2 Å². The van der Waals surface area contributed by atoms with Crippen LogP contribution >= 0.6 is 0 Å². The minimum Gasteiger partial charge on any atom is -0.442 e. The summed E-state index contributed by atoms with van der Waals surface area (Å²) < 4.78 is 11.0. The van der Waals surface area contributed by atoms with Crippen LogP contribution in [0.2, 0.25) is 0 Å². The molecule has 1 amide bonds. The van der Waals surface area contributed by atoms with Gasteiger partial charge in [-0.2, -0.15) is 5.10 Å². The summed E-state index contributed by atoms with van der Waals surface area (Å²) in [5.74, 6) is 1.80. The molecule has 0 spiro atoms. The van der Waals surface area contributed by atoms with E-state index < -0.39 is 6.29 Å². The molecule has 3 aromatic rings. The third-order valence-electron chi connectivity index (χ3n) is 3.74. The van der Waals surface area contributed by atoms with Gasteiger partial charge in [-0.3, -0.25) is 14.9 Å². The van der Waals surface area contributed by atoms with E-state index in [9.17, 15) is 4.79 Å². The van der Waals surface area contributed by atoms with Crippen LogP contribution in [-0.2, 0) is 4.79 Å². The molecule has 1 aliphatic rings. The molecule has 126 valence electrons. The van der Waals surface area contributed by atoms with Crippen molar-refractivity contribution in [3.05, 3.63) is 54.6 Å². The van der Waals surface area contributed by atoms with Crippen molar-refractivity contribution in [3.63, 3.8) is 0 Å². The average molecular weight is 337 g/mol. The van der Waals surface area contributed by atoms with E-state index in [1.54, 1.807) is 31.5 Å². The normalized spacial score (nSPS) is 14.3. The number of nitrogens with one attached hydrogen (secondary N) is 2. The molecule has 1 aromatic carbocycles. The Hall–Kier alpha value is -3.42. The van der Waals surface area contributed by atoms with Crippen LogP contribution in [0.3, 0.4) is 0 Å². The van der Waals surface area contributed by atoms with Crippen LogP contribution in [0, 0.1) is 0 Å². The molecule has 8 heteroatoms. The van der Waals surface area contributed by atoms with Crippen LogP contribution in [0.25, 0.3) is 11.4 Å². The fourth-order valence-corrected chi connectivity index (χ4v) is 2.45. The van der Waals surface area contributed by atoms with E-state index in [2.05, 4.69) is 25.5 Å². The van der Waals surface area contributed by atoms with Gasteiger partial charge < -0.3 is 14.8 Å². The maximum atomic E-state index is 12.3. The zero-order valence-corrected chi connectivity index (χ0v) is 13.3. The summed E-state index contributed by atoms with van der Waals surface area (Å²) >= 11 is 0. The highest BCUT2D eigenvalue weighted by Crippen LogP contribution is 2.34. The molecule has 0 bridgehead atoms. The number of amides is 1. The van der Waals surface area contributed by atoms with Crippen LogP contribution in [0.15, 0.2) is 48.8 Å². The van der Waals surface area contributed by atoms with E-state index in [1.165, 1.54) is 0 Å². The summed E-state index contributed by atoms with van der Waals surface area (Å²) in [6.45, 7) is 1.80. The first kappa shape index (κ1) is 15.1. The lowest BCUT2D eigenvalue weighted by molar-refractivity contribution is -0.137. The van der Waals surface area contributed by atoms with Crippen LogP contribution in [-0.4, -0.2) is 32.4 Å². The Kier molecular flexibility index (Phi) is 3.77. The highest BCUT2D eigenvalue weighted by atomic mass is 16.7. The predicted octanol–water partition coefficient (Wildman–Crippen LogP) is 1.84. The second-order valence-electron chi connectivity index (χ2n) is 5.52. The molecule has 25 heavy (non-hydrogen) atoms. The van der Waals surface area contributed by atoms with Crippen molar-refractivity contribution in [2.45, 2.75) is 19.3 Å². The van der Waals surface area contributed by atoms with Crippen LogP contribution in [0.5, 0.6) is 11.5 Å². The highest BCUT2D eigenvalue weighted by molar-refractivity contribution is 5.81. The largest absolute Gasteiger partial charge is 0.442 e. The number of pyridine rings is 1. The van der Waals surface area contributed by atoms with Crippen LogP contribution in [0.1, 0.15) is 18.8 Å². The van der Waals surface area contributed by atoms with Gasteiger partial charge in [0.05, 0.1) is 6.04 Å². The van der Waals surface area contributed by atoms with Gasteiger partial charge in [0, 0.05) is 18.0 Å². The molecule has 4 rings (SSSR count). The molecule has 0 aliphatic carbocycles. The Bertz CT molecular complexity index is 871. The van der Waals surface area contributed by atoms with Crippen molar-refractivity contribution < 1.29 is 14.3 Å². The Morgan fingerprint density at radius 2 is 1.84 bits per heavy atom. The van der Waals surface area contributed by atoms with E-state index in [4.69, 9.17) is 9.47 Å². The van der Waals surface area contributed by atoms with Crippen molar-refractivity contribution >= 4 is 5.91 Å². The first-order chi connectivity index (χ1) is 12.2. The first-order valence-corrected chi connectivity index (χ1v) is 7.76. The molecule has 1 atom stereocenters. The molecule has 0 unspecified atom stereocenters. The van der Waals surface area contributed by atoms with Gasteiger partial charge in [0.25, 0.3) is 0 Å². The third-order valence-corrected chi connectivity index (χ3v) is 3.74. The van der Waals surface area contributed by atoms with Gasteiger partial charge in [0.2, 0.25) is 0 Å². The van der Waals surface area contributed by atoms with Crippen molar-refractivity contribution in [2.75, 3.05) is 0 Å². The van der Waals surface area contributed by atoms with Crippen molar-refractivity contribution in [3.8, 4) is 22.9 Å². The summed E-state index contributed by atoms with van der Waals surface area (Å²) in [5.41, 5.74) is 0.842. The molecule has 0 saturated heterocycles. The fourth-order valence-electron chi connectivity index (χ4n) is 2.45. The number of hydrogen-bond donors (Lipinski definition) is 2. The molecule has 2 N–H and O–H groups in total. The topological polar surface area (TPSA) is 102 Å². The molecule has 0 radical (unpaired) electrons. The molecule has 3 heterocycles. The van der Waals surface area contributed by atoms with E-state index in [-0.39, 0.29) is 11.9 Å². The zero-order chi connectivity index (χ0) is 17.2. The second-order valence-corrected chi connectivity index (χ2v) is 5.52. The first-order valence-electron chi connectivity index (χ1n) is 7.76. The standard InChI is InChI=1S/C17H15N5O3/c1-10(14-20-15(22-21-14)11-6-8-18-9-7-11)19-16(23)17-24-12-4-2-3-5-13(12)25-17/h2-10,17H,1H3,(H,19,23)(H,20,21,22)/t10-/m0/s1. The average Bonchev–Trinajstić information content (AvgIpc) is 3.29. The van der Waals surface area contributed by atoms with Crippen molar-refractivity contribution in [1.82, 2.24) is 25.5 Å². The summed E-state index contributed by atoms with van der Waals surface area (Å²) in [6.07, 6.45) is 2.33. The van der Waals surface area contributed by atoms with E-state index >= 15 is 0 Å². The van der Waals surface area contributed by atoms with Gasteiger partial charge in [0.15, 0.2) is 17.3 Å². The summed E-state index contributed by atoms with van der Waals surface area (Å²) in [6, 6.07) is 10.4. The minimum absolute atomic E-state index is 0.383. The van der Waals surface area contributed by atoms with Gasteiger partial charge >= 0.3 is 12.2 Å². The van der Waals surface area contributed by atoms with Crippen LogP contribution in [0.4, 0.5) is 0 Å². The highest BCUT2D eigenvalue weighted by Gasteiger charge is 2.31. The summed E-state index contributed by atoms with van der Waals surface area (Å²) in [7, 11) is 0. The SMILES string of the molecule is C[C@H](NC(=O)C1Oc2ccccc2O1)c1nc(-c2ccncc2)n[nH]1. The molecule has 0 fully saturated rings. The smallest absolute Gasteiger partial charge is 0.321 e. The molecule has 8 nitrogen and oxygen atoms in total. The Balaban J connectivity index is 1.42. The molecule has 2 aromatic heterocycles. The lowest BCUT2D eigenvalue weighted by Crippen LogP contribution is -2.41. The number of carbonyl (C=O) groups excluding carboxylic acids is 1. The Labute approximate surface area is 143 Å². The number of fused-ring (bicyclic) bond motifs is 1. The predicted molar refractivity (Wildman–Crippen MR) is 87.7 cm³/mol. The van der Waals surface area contributed by atoms with Crippen molar-refractivity contribution in [1.29, 1.82) is 0 Å². The monoisotopic (exact) mass is 337 g/mol. The second kappa shape index (κ2) is 6.23. The van der Waals surface area contributed by atoms with E-state index in [1.807, 2.05) is 24.3 Å². The molecule has 0 saturated carbocycles. The van der Waals surface area contributed by atoms with Gasteiger partial charge in [0.1, 0.15) is 5.82 Å². The van der Waals surface area contributed by atoms with E-state index in [0.29, 0.717) is 23.1 Å². The Morgan fingerprint density at radius 1 is 1.16 bits per heavy atom. The maximum Gasteiger partial charge on any atom is 0.321 e. The summed E-state index contributed by atoms with van der Waals surface area (Å²) in [4.78, 5) is 20.7. The molecule has 1 aliphatic heterocycles. The van der Waals surface area contributed by atoms with Gasteiger partial charge in [-0.1, -0.05) is 12.1 Å². The number of hydrogen-bond acceptors (Lipinski definition) is 6. The third kappa shape index (κ3) is 3.01. The quantitative estimate of drug-likeness (QED) is 0.753. The van der Waals surface area contributed by atoms with Crippen LogP contribution < -0.4 is 14.8 Å². The summed E-state index contributed by atoms with van der Waals surface area (Å²) in [5, 5.41) is 9.81. The Morgan fingerprint density at radius 3 is 2.52 bits per heavy atom. The number of aromatic nitrogens is 4. The number of rotatable bonds is 4. The number of aromatic amines is 1. The van der Waals surface area contributed by atoms with Crippen molar-refractivity contribution in [2.24, 2.45) is 0 Å². The number of ether oxygens (including phenoxy) is 2.